The van der Waals surface area contributed by atoms with E-state index in [0.29, 0.717) is 44.4 Å². The van der Waals surface area contributed by atoms with E-state index in [1.807, 2.05) is 55.5 Å². The molecule has 0 aromatic heterocycles. The molecule has 0 fully saturated rings. The molecule has 3 aliphatic rings. The van der Waals surface area contributed by atoms with Crippen LogP contribution in [0.4, 0.5) is 5.69 Å². The second kappa shape index (κ2) is 9.51. The number of amides is 4. The Balaban J connectivity index is 0.00000300. The van der Waals surface area contributed by atoms with Crippen molar-refractivity contribution in [2.45, 2.75) is 6.92 Å². The molecular weight excluding hydrogens is 600 g/mol. The summed E-state index contributed by atoms with van der Waals surface area (Å²) >= 11 is 0. The predicted molar refractivity (Wildman–Crippen MR) is 171 cm³/mol. The summed E-state index contributed by atoms with van der Waals surface area (Å²) in [6, 6.07) is 23.8. The molecule has 0 N–H and O–H groups in total. The Morgan fingerprint density at radius 1 is 0.511 bits per heavy atom. The number of carbonyl (C=O) groups excluding carboxylic acids is 4. The third-order valence-corrected chi connectivity index (χ3v) is 9.05. The maximum Gasteiger partial charge on any atom is 0.265 e. The molecule has 214 valence electrons. The first-order valence-corrected chi connectivity index (χ1v) is 14.4. The van der Waals surface area contributed by atoms with E-state index in [4.69, 9.17) is 0 Å². The zero-order valence-electron chi connectivity index (χ0n) is 23.8. The second-order valence-electron chi connectivity index (χ2n) is 11.4. The van der Waals surface area contributed by atoms with E-state index >= 15 is 0 Å². The molecule has 6 aromatic carbocycles. The molecule has 2 heterocycles. The van der Waals surface area contributed by atoms with Crippen LogP contribution in [0.1, 0.15) is 48.4 Å². The number of benzene rings is 6. The SMILES string of the molecule is C[C-]1C=CC=C(N2C(=O)c3ccc4c5ccc6c7c(ccc(c8ccc(c3c48)C2=O)c75)C(=O)N(c2ccccc2)C6=O)C=C1.[Cr]. The zero-order valence-corrected chi connectivity index (χ0v) is 25.1. The summed E-state index contributed by atoms with van der Waals surface area (Å²) in [5.41, 5.74) is 2.88. The van der Waals surface area contributed by atoms with E-state index in [1.165, 1.54) is 9.80 Å². The maximum absolute atomic E-state index is 13.9. The average Bonchev–Trinajstić information content (AvgIpc) is 3.26. The van der Waals surface area contributed by atoms with Crippen LogP contribution in [0.3, 0.4) is 0 Å². The van der Waals surface area contributed by atoms with Crippen LogP contribution in [0, 0.1) is 5.92 Å². The van der Waals surface area contributed by atoms with Crippen molar-refractivity contribution < 1.29 is 36.5 Å². The van der Waals surface area contributed by atoms with Gasteiger partial charge in [0.1, 0.15) is 0 Å². The molecule has 4 amide bonds. The van der Waals surface area contributed by atoms with Crippen molar-refractivity contribution in [3.05, 3.63) is 143 Å². The monoisotopic (exact) mass is 621 g/mol. The first kappa shape index (κ1) is 27.1. The van der Waals surface area contributed by atoms with Gasteiger partial charge >= 0.3 is 0 Å². The molecule has 0 saturated heterocycles. The Kier molecular flexibility index (Phi) is 5.73. The van der Waals surface area contributed by atoms with Gasteiger partial charge in [0.15, 0.2) is 0 Å². The van der Waals surface area contributed by atoms with Crippen LogP contribution in [0.15, 0.2) is 115 Å². The molecule has 0 radical (unpaired) electrons. The third-order valence-electron chi connectivity index (χ3n) is 9.05. The van der Waals surface area contributed by atoms with Crippen LogP contribution in [0.25, 0.3) is 43.1 Å². The Hall–Kier alpha value is -5.48. The van der Waals surface area contributed by atoms with Gasteiger partial charge in [0.05, 0.1) is 5.69 Å². The fourth-order valence-corrected chi connectivity index (χ4v) is 7.09. The number of nitrogens with zero attached hydrogens (tertiary/aromatic N) is 2. The van der Waals surface area contributed by atoms with Crippen molar-refractivity contribution in [2.24, 2.45) is 0 Å². The van der Waals surface area contributed by atoms with Gasteiger partial charge in [-0.05, 0) is 74.4 Å². The van der Waals surface area contributed by atoms with E-state index in [9.17, 15) is 19.2 Å². The number of anilines is 1. The summed E-state index contributed by atoms with van der Waals surface area (Å²) in [5.74, 6) is -0.461. The minimum atomic E-state index is -0.372. The molecule has 0 bridgehead atoms. The summed E-state index contributed by atoms with van der Waals surface area (Å²) in [7, 11) is 0. The van der Waals surface area contributed by atoms with Crippen LogP contribution in [0.5, 0.6) is 0 Å². The number of carbonyl (C=O) groups is 4. The predicted octanol–water partition coefficient (Wildman–Crippen LogP) is 7.74. The van der Waals surface area contributed by atoms with Crippen molar-refractivity contribution in [3.8, 4) is 0 Å². The fourth-order valence-electron chi connectivity index (χ4n) is 7.09. The van der Waals surface area contributed by atoms with Gasteiger partial charge in [-0.3, -0.25) is 24.1 Å². The van der Waals surface area contributed by atoms with E-state index in [2.05, 4.69) is 0 Å². The normalized spacial score (nSPS) is 15.9. The molecule has 45 heavy (non-hydrogen) atoms. The molecular formula is C38H21CrN2O4-. The summed E-state index contributed by atoms with van der Waals surface area (Å²) in [4.78, 5) is 58.0. The Labute approximate surface area is 268 Å². The van der Waals surface area contributed by atoms with Gasteiger partial charge in [-0.2, -0.15) is 24.1 Å². The van der Waals surface area contributed by atoms with Crippen LogP contribution in [-0.4, -0.2) is 28.5 Å². The van der Waals surface area contributed by atoms with Crippen molar-refractivity contribution in [2.75, 3.05) is 4.90 Å². The number of hydrogen-bond acceptors (Lipinski definition) is 4. The number of allylic oxidation sites excluding steroid dienone is 5. The molecule has 6 nitrogen and oxygen atoms in total. The van der Waals surface area contributed by atoms with Crippen LogP contribution < -0.4 is 4.90 Å². The molecule has 0 spiro atoms. The van der Waals surface area contributed by atoms with Crippen LogP contribution >= 0.6 is 0 Å². The largest absolute Gasteiger partial charge is 0.268 e. The van der Waals surface area contributed by atoms with Gasteiger partial charge in [0.2, 0.25) is 0 Å². The first-order valence-electron chi connectivity index (χ1n) is 14.4. The van der Waals surface area contributed by atoms with Crippen molar-refractivity contribution in [1.82, 2.24) is 4.90 Å². The molecule has 0 saturated carbocycles. The van der Waals surface area contributed by atoms with Gasteiger partial charge in [-0.25, -0.2) is 4.90 Å². The zero-order chi connectivity index (χ0) is 29.9. The molecule has 9 rings (SSSR count). The van der Waals surface area contributed by atoms with E-state index in [-0.39, 0.29) is 41.0 Å². The number of hydrogen-bond donors (Lipinski definition) is 0. The minimum absolute atomic E-state index is 0. The van der Waals surface area contributed by atoms with Gasteiger partial charge in [0, 0.05) is 50.4 Å². The van der Waals surface area contributed by atoms with Gasteiger partial charge in [0.25, 0.3) is 23.6 Å². The summed E-state index contributed by atoms with van der Waals surface area (Å²) in [6.07, 6.45) is 9.21. The van der Waals surface area contributed by atoms with Gasteiger partial charge in [-0.1, -0.05) is 49.4 Å². The summed E-state index contributed by atoms with van der Waals surface area (Å²) in [6.45, 7) is 1.96. The number of para-hydroxylation sites is 1. The van der Waals surface area contributed by atoms with E-state index < -0.39 is 0 Å². The summed E-state index contributed by atoms with van der Waals surface area (Å²) in [5, 5.41) is 6.35. The molecule has 1 aliphatic carbocycles. The van der Waals surface area contributed by atoms with Crippen molar-refractivity contribution in [3.63, 3.8) is 0 Å². The van der Waals surface area contributed by atoms with Crippen LogP contribution in [0.2, 0.25) is 0 Å². The number of rotatable bonds is 2. The first-order chi connectivity index (χ1) is 21.4. The fraction of sp³-hybridized carbons (Fsp3) is 0.0263. The topological polar surface area (TPSA) is 74.8 Å². The molecule has 7 heteroatoms. The van der Waals surface area contributed by atoms with Gasteiger partial charge < -0.3 is 0 Å². The standard InChI is InChI=1S/C38H21N2O4.Cr/c1-20-6-5-9-22(11-10-20)40-37(43)29-18-14-25-23-12-16-27-33-28(36(42)39(35(27)41)21-7-3-2-4-8-21)17-13-24(31(23)33)26-15-19-30(38(40)44)34(29)32(25)26;/h2-19H,1H3;/q-1;. The van der Waals surface area contributed by atoms with Crippen molar-refractivity contribution >= 4 is 72.4 Å². The van der Waals surface area contributed by atoms with Gasteiger partial charge in [-0.15, -0.1) is 12.2 Å². The van der Waals surface area contributed by atoms with Crippen molar-refractivity contribution in [1.29, 1.82) is 0 Å². The third kappa shape index (κ3) is 3.48. The molecule has 0 unspecified atom stereocenters. The quantitative estimate of drug-likeness (QED) is 0.0859. The second-order valence-corrected chi connectivity index (χ2v) is 11.4. The molecule has 0 atom stereocenters. The molecule has 6 aromatic rings. The Morgan fingerprint density at radius 3 is 1.42 bits per heavy atom. The number of fused-ring (bicyclic) bond motifs is 2. The molecule has 2 aliphatic heterocycles. The van der Waals surface area contributed by atoms with Crippen LogP contribution in [-0.2, 0) is 17.4 Å². The van der Waals surface area contributed by atoms with E-state index in [0.717, 1.165) is 38.2 Å². The number of imide groups is 2. The average molecular weight is 622 g/mol. The minimum Gasteiger partial charge on any atom is -0.268 e. The Morgan fingerprint density at radius 2 is 0.956 bits per heavy atom. The summed E-state index contributed by atoms with van der Waals surface area (Å²) < 4.78 is 0. The Bertz CT molecular complexity index is 2320. The van der Waals surface area contributed by atoms with E-state index in [1.54, 1.807) is 60.7 Å². The maximum atomic E-state index is 13.9. The smallest absolute Gasteiger partial charge is 0.265 e.